The maximum absolute atomic E-state index is 12.9. The molecular weight excluding hydrogens is 388 g/mol. The second-order valence-electron chi connectivity index (χ2n) is 8.72. The predicted molar refractivity (Wildman–Crippen MR) is 106 cm³/mol. The van der Waals surface area contributed by atoms with Crippen molar-refractivity contribution in [3.63, 3.8) is 0 Å². The molecule has 1 aliphatic carbocycles. The van der Waals surface area contributed by atoms with E-state index in [9.17, 15) is 14.4 Å². The van der Waals surface area contributed by atoms with Crippen molar-refractivity contribution in [1.29, 1.82) is 0 Å². The molecule has 0 unspecified atom stereocenters. The molecule has 2 aromatic rings. The third-order valence-electron chi connectivity index (χ3n) is 6.66. The molecule has 1 saturated heterocycles. The highest BCUT2D eigenvalue weighted by atomic mass is 16.5. The van der Waals surface area contributed by atoms with Crippen LogP contribution in [0.4, 0.5) is 0 Å². The first-order valence-corrected chi connectivity index (χ1v) is 10.7. The number of hydrogen-bond donors (Lipinski definition) is 0. The summed E-state index contributed by atoms with van der Waals surface area (Å²) in [7, 11) is 0. The van der Waals surface area contributed by atoms with Gasteiger partial charge in [0.15, 0.2) is 11.6 Å². The van der Waals surface area contributed by atoms with Crippen LogP contribution in [0.3, 0.4) is 0 Å². The second kappa shape index (κ2) is 7.54. The molecule has 4 heterocycles. The van der Waals surface area contributed by atoms with Crippen molar-refractivity contribution in [2.24, 2.45) is 5.92 Å². The Kier molecular flexibility index (Phi) is 4.85. The lowest BCUT2D eigenvalue weighted by Gasteiger charge is -2.35. The van der Waals surface area contributed by atoms with Gasteiger partial charge in [-0.25, -0.2) is 4.68 Å². The van der Waals surface area contributed by atoms with Crippen LogP contribution >= 0.6 is 0 Å². The van der Waals surface area contributed by atoms with Crippen LogP contribution in [0.15, 0.2) is 32.4 Å². The molecule has 2 aliphatic heterocycles. The number of aromatic nitrogens is 3. The van der Waals surface area contributed by atoms with Crippen LogP contribution in [0, 0.1) is 5.92 Å². The van der Waals surface area contributed by atoms with E-state index in [0.29, 0.717) is 37.8 Å². The number of hydrogen-bond acceptors (Lipinski definition) is 6. The number of carbonyl (C=O) groups is 1. The van der Waals surface area contributed by atoms with Crippen LogP contribution in [-0.2, 0) is 24.4 Å². The predicted octanol–water partition coefficient (Wildman–Crippen LogP) is 1.39. The van der Waals surface area contributed by atoms with Gasteiger partial charge in [-0.1, -0.05) is 19.3 Å². The van der Waals surface area contributed by atoms with E-state index < -0.39 is 16.7 Å². The number of furan rings is 1. The Labute approximate surface area is 173 Å². The third kappa shape index (κ3) is 3.40. The highest BCUT2D eigenvalue weighted by Gasteiger charge is 2.45. The zero-order chi connectivity index (χ0) is 20.7. The van der Waals surface area contributed by atoms with Crippen molar-refractivity contribution in [3.05, 3.63) is 50.7 Å². The normalized spacial score (nSPS) is 24.3. The van der Waals surface area contributed by atoms with Crippen LogP contribution in [0.25, 0.3) is 0 Å². The van der Waals surface area contributed by atoms with Gasteiger partial charge < -0.3 is 14.1 Å². The van der Waals surface area contributed by atoms with Crippen LogP contribution in [0.1, 0.15) is 54.9 Å². The molecule has 5 rings (SSSR count). The van der Waals surface area contributed by atoms with Crippen molar-refractivity contribution in [2.75, 3.05) is 13.1 Å². The van der Waals surface area contributed by atoms with Gasteiger partial charge in [0, 0.05) is 13.1 Å². The van der Waals surface area contributed by atoms with Crippen LogP contribution in [0.5, 0.6) is 0 Å². The van der Waals surface area contributed by atoms with Crippen molar-refractivity contribution in [3.8, 4) is 0 Å². The van der Waals surface area contributed by atoms with Crippen molar-refractivity contribution in [1.82, 2.24) is 19.2 Å². The van der Waals surface area contributed by atoms with Crippen molar-refractivity contribution < 1.29 is 13.9 Å². The Bertz CT molecular complexity index is 1050. The molecule has 2 fully saturated rings. The fraction of sp³-hybridized carbons (Fsp3) is 0.619. The molecule has 30 heavy (non-hydrogen) atoms. The highest BCUT2D eigenvalue weighted by molar-refractivity contribution is 5.91. The summed E-state index contributed by atoms with van der Waals surface area (Å²) >= 11 is 0. The number of ether oxygens (including phenoxy) is 1. The molecule has 1 amide bonds. The number of fused-ring (bicyclic) bond motifs is 1. The number of amides is 1. The van der Waals surface area contributed by atoms with Crippen molar-refractivity contribution in [2.45, 2.75) is 63.8 Å². The smallest absolute Gasteiger partial charge is 0.332 e. The Morgan fingerprint density at radius 1 is 1.17 bits per heavy atom. The topological polar surface area (TPSA) is 99.6 Å². The van der Waals surface area contributed by atoms with Crippen LogP contribution < -0.4 is 11.1 Å². The van der Waals surface area contributed by atoms with Gasteiger partial charge in [-0.15, -0.1) is 0 Å². The van der Waals surface area contributed by atoms with E-state index in [-0.39, 0.29) is 24.8 Å². The van der Waals surface area contributed by atoms with Gasteiger partial charge in [-0.3, -0.25) is 19.0 Å². The van der Waals surface area contributed by atoms with E-state index in [1.807, 2.05) is 0 Å². The summed E-state index contributed by atoms with van der Waals surface area (Å²) in [6.45, 7) is 1.75. The minimum Gasteiger partial charge on any atom is -0.459 e. The standard InChI is InChI=1S/C21H26N4O5/c26-18(16-7-4-10-29-16)23-9-8-21(13-23)14-24-17(12-30-21)22-25(20(28)19(24)27)11-15-5-2-1-3-6-15/h4,7,10,15H,1-3,5-6,8-9,11-14H2/t21-/m0/s1. The van der Waals surface area contributed by atoms with Gasteiger partial charge in [0.25, 0.3) is 5.91 Å². The largest absolute Gasteiger partial charge is 0.459 e. The van der Waals surface area contributed by atoms with E-state index in [1.165, 1.54) is 34.8 Å². The lowest BCUT2D eigenvalue weighted by molar-refractivity contribution is -0.0844. The number of nitrogens with zero attached hydrogens (tertiary/aromatic N) is 4. The average Bonchev–Trinajstić information content (AvgIpc) is 3.44. The molecule has 0 radical (unpaired) electrons. The first-order valence-electron chi connectivity index (χ1n) is 10.7. The van der Waals surface area contributed by atoms with E-state index >= 15 is 0 Å². The fourth-order valence-electron chi connectivity index (χ4n) is 4.96. The van der Waals surface area contributed by atoms with Gasteiger partial charge in [0.05, 0.1) is 19.4 Å². The maximum Gasteiger partial charge on any atom is 0.332 e. The number of likely N-dealkylation sites (tertiary alicyclic amines) is 1. The Balaban J connectivity index is 1.35. The Morgan fingerprint density at radius 2 is 2.00 bits per heavy atom. The lowest BCUT2D eigenvalue weighted by atomic mass is 9.89. The molecule has 9 nitrogen and oxygen atoms in total. The minimum absolute atomic E-state index is 0.156. The summed E-state index contributed by atoms with van der Waals surface area (Å²) in [5.41, 5.74) is -1.79. The van der Waals surface area contributed by atoms with Gasteiger partial charge in [-0.05, 0) is 37.3 Å². The summed E-state index contributed by atoms with van der Waals surface area (Å²) in [5, 5.41) is 4.46. The maximum atomic E-state index is 12.9. The molecule has 1 saturated carbocycles. The Hall–Kier alpha value is -2.68. The molecule has 0 aromatic carbocycles. The van der Waals surface area contributed by atoms with Crippen LogP contribution in [-0.4, -0.2) is 43.8 Å². The Morgan fingerprint density at radius 3 is 2.77 bits per heavy atom. The summed E-state index contributed by atoms with van der Waals surface area (Å²) < 4.78 is 14.1. The van der Waals surface area contributed by atoms with Gasteiger partial charge >= 0.3 is 11.1 Å². The minimum atomic E-state index is -0.678. The van der Waals surface area contributed by atoms with E-state index in [4.69, 9.17) is 9.15 Å². The fourth-order valence-corrected chi connectivity index (χ4v) is 4.96. The molecule has 160 valence electrons. The van der Waals surface area contributed by atoms with Crippen molar-refractivity contribution >= 4 is 5.91 Å². The zero-order valence-corrected chi connectivity index (χ0v) is 16.9. The van der Waals surface area contributed by atoms with Gasteiger partial charge in [-0.2, -0.15) is 5.10 Å². The summed E-state index contributed by atoms with van der Waals surface area (Å²) in [6, 6.07) is 3.31. The SMILES string of the molecule is O=C(c1ccco1)N1CC[C@]2(C1)Cn1c(nn(CC3CCCCC3)c(=O)c1=O)CO2. The molecule has 3 aliphatic rings. The molecule has 9 heteroatoms. The first kappa shape index (κ1) is 19.3. The molecule has 2 aromatic heterocycles. The monoisotopic (exact) mass is 414 g/mol. The second-order valence-corrected chi connectivity index (χ2v) is 8.72. The first-order chi connectivity index (χ1) is 14.5. The number of rotatable bonds is 3. The molecule has 0 N–H and O–H groups in total. The van der Waals surface area contributed by atoms with Crippen LogP contribution in [0.2, 0.25) is 0 Å². The highest BCUT2D eigenvalue weighted by Crippen LogP contribution is 2.32. The number of carbonyl (C=O) groups excluding carboxylic acids is 1. The van der Waals surface area contributed by atoms with E-state index in [1.54, 1.807) is 17.0 Å². The summed E-state index contributed by atoms with van der Waals surface area (Å²) in [5.74, 6) is 0.974. The lowest BCUT2D eigenvalue weighted by Crippen LogP contribution is -2.53. The van der Waals surface area contributed by atoms with Gasteiger partial charge in [0.2, 0.25) is 0 Å². The molecular formula is C21H26N4O5. The molecule has 1 atom stereocenters. The average molecular weight is 414 g/mol. The molecule has 1 spiro atoms. The molecule has 0 bridgehead atoms. The van der Waals surface area contributed by atoms with E-state index in [2.05, 4.69) is 5.10 Å². The zero-order valence-electron chi connectivity index (χ0n) is 16.9. The van der Waals surface area contributed by atoms with E-state index in [0.717, 1.165) is 12.8 Å². The van der Waals surface area contributed by atoms with Gasteiger partial charge in [0.1, 0.15) is 12.2 Å². The quantitative estimate of drug-likeness (QED) is 0.704. The summed E-state index contributed by atoms with van der Waals surface area (Å²) in [6.07, 6.45) is 7.79. The third-order valence-corrected chi connectivity index (χ3v) is 6.66. The summed E-state index contributed by atoms with van der Waals surface area (Å²) in [4.78, 5) is 39.8.